The Bertz CT molecular complexity index is 921. The molecule has 1 saturated carbocycles. The molecule has 0 spiro atoms. The number of alkyl halides is 3. The first kappa shape index (κ1) is 19.4. The summed E-state index contributed by atoms with van der Waals surface area (Å²) in [6.07, 6.45) is -0.518. The Morgan fingerprint density at radius 2 is 1.96 bits per heavy atom. The lowest BCUT2D eigenvalue weighted by atomic mass is 10.0. The summed E-state index contributed by atoms with van der Waals surface area (Å²) in [5.74, 6) is 1.46. The van der Waals surface area contributed by atoms with Gasteiger partial charge in [0.2, 0.25) is 0 Å². The third kappa shape index (κ3) is 3.96. The number of halogens is 3. The van der Waals surface area contributed by atoms with Crippen LogP contribution in [0.2, 0.25) is 0 Å². The number of aliphatic imine (C=N–C) groups is 1. The van der Waals surface area contributed by atoms with E-state index in [1.807, 2.05) is 0 Å². The van der Waals surface area contributed by atoms with Crippen molar-refractivity contribution in [3.63, 3.8) is 0 Å². The van der Waals surface area contributed by atoms with Gasteiger partial charge in [-0.2, -0.15) is 13.2 Å². The number of rotatable bonds is 4. The quantitative estimate of drug-likeness (QED) is 0.821. The summed E-state index contributed by atoms with van der Waals surface area (Å²) in [4.78, 5) is 4.13. The summed E-state index contributed by atoms with van der Waals surface area (Å²) in [5, 5.41) is 2.48. The SMILES string of the molecule is O=S(=O)(c1cccc(C(F)(F)F)c1)C1CCO[C@@H](C2=CN=C(C3CC3)NC2)C1. The van der Waals surface area contributed by atoms with Crippen molar-refractivity contribution < 1.29 is 26.3 Å². The van der Waals surface area contributed by atoms with Gasteiger partial charge < -0.3 is 10.1 Å². The van der Waals surface area contributed by atoms with Gasteiger partial charge in [0.15, 0.2) is 9.84 Å². The van der Waals surface area contributed by atoms with E-state index in [1.54, 1.807) is 6.20 Å². The predicted octanol–water partition coefficient (Wildman–Crippen LogP) is 3.32. The van der Waals surface area contributed by atoms with Gasteiger partial charge in [0, 0.05) is 25.3 Å². The van der Waals surface area contributed by atoms with E-state index in [0.29, 0.717) is 18.5 Å². The molecular formula is C19H21F3N2O3S. The van der Waals surface area contributed by atoms with Crippen LogP contribution in [0.3, 0.4) is 0 Å². The zero-order valence-electron chi connectivity index (χ0n) is 15.1. The second kappa shape index (κ2) is 7.18. The van der Waals surface area contributed by atoms with Crippen LogP contribution in [0.1, 0.15) is 31.2 Å². The standard InChI is InChI=1S/C19H21F3N2O3S/c20-19(21,22)14-2-1-3-15(8-14)28(25,26)16-6-7-27-17(9-16)13-10-23-18(24-11-13)12-4-5-12/h1-3,8,10,12,16-17H,4-7,9,11H2,(H,23,24)/t16?,17-/m1/s1. The van der Waals surface area contributed by atoms with E-state index >= 15 is 0 Å². The summed E-state index contributed by atoms with van der Waals surface area (Å²) in [7, 11) is -3.89. The number of sulfone groups is 1. The van der Waals surface area contributed by atoms with Crippen LogP contribution >= 0.6 is 0 Å². The molecule has 4 rings (SSSR count). The molecule has 1 saturated heterocycles. The number of hydrogen-bond donors (Lipinski definition) is 1. The van der Waals surface area contributed by atoms with Crippen LogP contribution in [-0.4, -0.2) is 38.8 Å². The third-order valence-electron chi connectivity index (χ3n) is 5.39. The van der Waals surface area contributed by atoms with Crippen LogP contribution in [0.15, 0.2) is 45.9 Å². The molecule has 1 aliphatic carbocycles. The molecule has 2 heterocycles. The van der Waals surface area contributed by atoms with Gasteiger partial charge in [0.05, 0.1) is 21.8 Å². The largest absolute Gasteiger partial charge is 0.416 e. The Morgan fingerprint density at radius 3 is 2.61 bits per heavy atom. The van der Waals surface area contributed by atoms with Crippen LogP contribution in [0.5, 0.6) is 0 Å². The van der Waals surface area contributed by atoms with Gasteiger partial charge in [-0.05, 0) is 49.5 Å². The van der Waals surface area contributed by atoms with Gasteiger partial charge in [-0.3, -0.25) is 0 Å². The molecule has 0 amide bonds. The Hall–Kier alpha value is -1.87. The topological polar surface area (TPSA) is 67.8 Å². The first-order valence-corrected chi connectivity index (χ1v) is 10.8. The number of ether oxygens (including phenoxy) is 1. The lowest BCUT2D eigenvalue weighted by molar-refractivity contribution is -0.137. The molecule has 3 aliphatic rings. The molecule has 28 heavy (non-hydrogen) atoms. The highest BCUT2D eigenvalue weighted by Gasteiger charge is 2.38. The van der Waals surface area contributed by atoms with Crippen LogP contribution in [0.4, 0.5) is 13.2 Å². The molecule has 152 valence electrons. The summed E-state index contributed by atoms with van der Waals surface area (Å²) in [5.41, 5.74) is -0.0911. The van der Waals surface area contributed by atoms with Crippen LogP contribution < -0.4 is 5.32 Å². The van der Waals surface area contributed by atoms with Crippen molar-refractivity contribution in [3.8, 4) is 0 Å². The first-order valence-electron chi connectivity index (χ1n) is 9.28. The zero-order chi connectivity index (χ0) is 19.9. The molecule has 5 nitrogen and oxygen atoms in total. The number of benzene rings is 1. The summed E-state index contributed by atoms with van der Waals surface area (Å²) in [6.45, 7) is 0.792. The summed E-state index contributed by atoms with van der Waals surface area (Å²) < 4.78 is 70.5. The minimum Gasteiger partial charge on any atom is -0.374 e. The first-order chi connectivity index (χ1) is 13.2. The van der Waals surface area contributed by atoms with Crippen molar-refractivity contribution in [1.82, 2.24) is 5.32 Å². The molecule has 2 fully saturated rings. The minimum atomic E-state index is -4.58. The molecule has 1 N–H and O–H groups in total. The van der Waals surface area contributed by atoms with Gasteiger partial charge in [-0.25, -0.2) is 13.4 Å². The van der Waals surface area contributed by atoms with Crippen molar-refractivity contribution in [2.45, 2.75) is 48.1 Å². The Morgan fingerprint density at radius 1 is 1.18 bits per heavy atom. The highest BCUT2D eigenvalue weighted by Crippen LogP contribution is 2.35. The van der Waals surface area contributed by atoms with E-state index in [4.69, 9.17) is 4.74 Å². The van der Waals surface area contributed by atoms with E-state index in [2.05, 4.69) is 10.3 Å². The maximum atomic E-state index is 13.0. The minimum absolute atomic E-state index is 0.209. The zero-order valence-corrected chi connectivity index (χ0v) is 15.9. The van der Waals surface area contributed by atoms with Gasteiger partial charge >= 0.3 is 6.18 Å². The predicted molar refractivity (Wildman–Crippen MR) is 97.6 cm³/mol. The summed E-state index contributed by atoms with van der Waals surface area (Å²) >= 11 is 0. The normalized spacial score (nSPS) is 26.2. The average molecular weight is 414 g/mol. The van der Waals surface area contributed by atoms with Gasteiger partial charge in [0.1, 0.15) is 5.84 Å². The van der Waals surface area contributed by atoms with Crippen molar-refractivity contribution in [2.24, 2.45) is 10.9 Å². The fraction of sp³-hybridized carbons (Fsp3) is 0.526. The highest BCUT2D eigenvalue weighted by atomic mass is 32.2. The van der Waals surface area contributed by atoms with Gasteiger partial charge in [0.25, 0.3) is 0 Å². The second-order valence-electron chi connectivity index (χ2n) is 7.42. The Kier molecular flexibility index (Phi) is 4.99. The molecule has 1 unspecified atom stereocenters. The number of nitrogens with one attached hydrogen (secondary N) is 1. The van der Waals surface area contributed by atoms with E-state index in [9.17, 15) is 21.6 Å². The maximum Gasteiger partial charge on any atom is 0.416 e. The fourth-order valence-corrected chi connectivity index (χ4v) is 5.37. The van der Waals surface area contributed by atoms with Crippen molar-refractivity contribution in [3.05, 3.63) is 41.6 Å². The molecule has 1 aromatic rings. The monoisotopic (exact) mass is 414 g/mol. The molecule has 0 aromatic heterocycles. The maximum absolute atomic E-state index is 13.0. The summed E-state index contributed by atoms with van der Waals surface area (Å²) in [6, 6.07) is 3.95. The van der Waals surface area contributed by atoms with E-state index < -0.39 is 32.9 Å². The van der Waals surface area contributed by atoms with E-state index in [1.165, 1.54) is 6.07 Å². The molecule has 1 aromatic carbocycles. The van der Waals surface area contributed by atoms with Crippen molar-refractivity contribution in [1.29, 1.82) is 0 Å². The molecule has 2 atom stereocenters. The van der Waals surface area contributed by atoms with E-state index in [0.717, 1.165) is 36.4 Å². The van der Waals surface area contributed by atoms with Crippen LogP contribution in [0.25, 0.3) is 0 Å². The lowest BCUT2D eigenvalue weighted by Crippen LogP contribution is -2.40. The van der Waals surface area contributed by atoms with Crippen molar-refractivity contribution in [2.75, 3.05) is 13.2 Å². The Balaban J connectivity index is 1.52. The average Bonchev–Trinajstić information content (AvgIpc) is 3.53. The fourth-order valence-electron chi connectivity index (χ4n) is 3.59. The van der Waals surface area contributed by atoms with Crippen molar-refractivity contribution >= 4 is 15.7 Å². The highest BCUT2D eigenvalue weighted by molar-refractivity contribution is 7.92. The van der Waals surface area contributed by atoms with E-state index in [-0.39, 0.29) is 24.3 Å². The lowest BCUT2D eigenvalue weighted by Gasteiger charge is -2.32. The second-order valence-corrected chi connectivity index (χ2v) is 9.65. The van der Waals surface area contributed by atoms with Crippen LogP contribution in [-0.2, 0) is 20.8 Å². The van der Waals surface area contributed by atoms with Gasteiger partial charge in [-0.1, -0.05) is 6.07 Å². The third-order valence-corrected chi connectivity index (χ3v) is 7.60. The number of hydrogen-bond acceptors (Lipinski definition) is 5. The van der Waals surface area contributed by atoms with Gasteiger partial charge in [-0.15, -0.1) is 0 Å². The number of nitrogens with zero attached hydrogens (tertiary/aromatic N) is 1. The Labute approximate surface area is 161 Å². The molecule has 9 heteroatoms. The smallest absolute Gasteiger partial charge is 0.374 e. The molecular weight excluding hydrogens is 393 g/mol. The molecule has 2 aliphatic heterocycles. The molecule has 0 radical (unpaired) electrons. The number of amidine groups is 1. The van der Waals surface area contributed by atoms with Crippen LogP contribution in [0, 0.1) is 5.92 Å². The molecule has 0 bridgehead atoms.